The Morgan fingerprint density at radius 3 is 2.50 bits per heavy atom. The Kier molecular flexibility index (Phi) is 3.43. The van der Waals surface area contributed by atoms with E-state index < -0.39 is 0 Å². The van der Waals surface area contributed by atoms with Crippen LogP contribution in [0.25, 0.3) is 0 Å². The lowest BCUT2D eigenvalue weighted by Gasteiger charge is -2.06. The summed E-state index contributed by atoms with van der Waals surface area (Å²) in [5, 5.41) is 6.84. The van der Waals surface area contributed by atoms with Gasteiger partial charge in [-0.15, -0.1) is 0 Å². The number of halogens is 1. The van der Waals surface area contributed by atoms with Crippen molar-refractivity contribution in [2.45, 2.75) is 18.9 Å². The van der Waals surface area contributed by atoms with Crippen molar-refractivity contribution in [3.8, 4) is 0 Å². The van der Waals surface area contributed by atoms with Crippen molar-refractivity contribution >= 4 is 21.6 Å². The molecule has 0 aliphatic heterocycles. The average Bonchev–Trinajstić information content (AvgIpc) is 2.99. The van der Waals surface area contributed by atoms with Gasteiger partial charge in [-0.25, -0.2) is 0 Å². The number of nitrogens with one attached hydrogen (secondary N) is 2. The van der Waals surface area contributed by atoms with Gasteiger partial charge in [0.05, 0.1) is 0 Å². The van der Waals surface area contributed by atoms with Gasteiger partial charge in [-0.2, -0.15) is 0 Å². The van der Waals surface area contributed by atoms with E-state index in [-0.39, 0.29) is 0 Å². The van der Waals surface area contributed by atoms with Crippen molar-refractivity contribution in [3.63, 3.8) is 0 Å². The molecule has 1 aromatic rings. The van der Waals surface area contributed by atoms with Gasteiger partial charge in [0.1, 0.15) is 0 Å². The number of anilines is 1. The van der Waals surface area contributed by atoms with Gasteiger partial charge in [-0.3, -0.25) is 0 Å². The summed E-state index contributed by atoms with van der Waals surface area (Å²) in [5.41, 5.74) is 1.19. The van der Waals surface area contributed by atoms with E-state index in [9.17, 15) is 0 Å². The summed E-state index contributed by atoms with van der Waals surface area (Å²) in [7, 11) is 0. The summed E-state index contributed by atoms with van der Waals surface area (Å²) in [5.74, 6) is 0. The van der Waals surface area contributed by atoms with Crippen LogP contribution in [0.4, 0.5) is 5.69 Å². The van der Waals surface area contributed by atoms with Crippen LogP contribution in [0.1, 0.15) is 12.8 Å². The molecule has 3 heteroatoms. The van der Waals surface area contributed by atoms with Gasteiger partial charge in [0.2, 0.25) is 0 Å². The maximum atomic E-state index is 3.47. The standard InChI is InChI=1S/C11H15BrN2/c12-9-1-3-10(4-2-9)13-7-8-14-11-5-6-11/h1-4,11,13-14H,5-8H2. The van der Waals surface area contributed by atoms with Crippen molar-refractivity contribution in [1.29, 1.82) is 0 Å². The molecule has 0 atom stereocenters. The highest BCUT2D eigenvalue weighted by molar-refractivity contribution is 9.10. The van der Waals surface area contributed by atoms with Crippen LogP contribution in [-0.4, -0.2) is 19.1 Å². The van der Waals surface area contributed by atoms with E-state index in [1.807, 2.05) is 0 Å². The van der Waals surface area contributed by atoms with E-state index in [2.05, 4.69) is 50.8 Å². The van der Waals surface area contributed by atoms with E-state index in [0.717, 1.165) is 23.6 Å². The number of hydrogen-bond donors (Lipinski definition) is 2. The first-order valence-electron chi connectivity index (χ1n) is 5.07. The Labute approximate surface area is 93.2 Å². The summed E-state index contributed by atoms with van der Waals surface area (Å²) >= 11 is 3.41. The van der Waals surface area contributed by atoms with Crippen molar-refractivity contribution in [2.24, 2.45) is 0 Å². The molecule has 0 unspecified atom stereocenters. The SMILES string of the molecule is Brc1ccc(NCCNC2CC2)cc1. The summed E-state index contributed by atoms with van der Waals surface area (Å²) in [6, 6.07) is 9.08. The van der Waals surface area contributed by atoms with Crippen LogP contribution in [-0.2, 0) is 0 Å². The highest BCUT2D eigenvalue weighted by atomic mass is 79.9. The molecule has 1 aromatic carbocycles. The van der Waals surface area contributed by atoms with Crippen molar-refractivity contribution in [2.75, 3.05) is 18.4 Å². The molecule has 1 fully saturated rings. The van der Waals surface area contributed by atoms with E-state index in [1.165, 1.54) is 18.5 Å². The van der Waals surface area contributed by atoms with E-state index in [1.54, 1.807) is 0 Å². The fraction of sp³-hybridized carbons (Fsp3) is 0.455. The van der Waals surface area contributed by atoms with Crippen LogP contribution in [0.3, 0.4) is 0 Å². The fourth-order valence-electron chi connectivity index (χ4n) is 1.34. The Hall–Kier alpha value is -0.540. The van der Waals surface area contributed by atoms with E-state index in [4.69, 9.17) is 0 Å². The first-order valence-corrected chi connectivity index (χ1v) is 5.87. The molecule has 0 saturated heterocycles. The van der Waals surface area contributed by atoms with Crippen molar-refractivity contribution in [1.82, 2.24) is 5.32 Å². The Morgan fingerprint density at radius 1 is 1.14 bits per heavy atom. The van der Waals surface area contributed by atoms with Crippen molar-refractivity contribution in [3.05, 3.63) is 28.7 Å². The minimum atomic E-state index is 0.807. The molecule has 1 aliphatic rings. The van der Waals surface area contributed by atoms with Gasteiger partial charge in [0.25, 0.3) is 0 Å². The Morgan fingerprint density at radius 2 is 1.86 bits per heavy atom. The first-order chi connectivity index (χ1) is 6.84. The molecular formula is C11H15BrN2. The van der Waals surface area contributed by atoms with Crippen LogP contribution in [0.5, 0.6) is 0 Å². The van der Waals surface area contributed by atoms with Crippen molar-refractivity contribution < 1.29 is 0 Å². The smallest absolute Gasteiger partial charge is 0.0341 e. The summed E-state index contributed by atoms with van der Waals surface area (Å²) in [6.07, 6.45) is 2.72. The minimum absolute atomic E-state index is 0.807. The van der Waals surface area contributed by atoms with E-state index in [0.29, 0.717) is 0 Å². The maximum Gasteiger partial charge on any atom is 0.0341 e. The monoisotopic (exact) mass is 254 g/mol. The predicted molar refractivity (Wildman–Crippen MR) is 63.7 cm³/mol. The number of rotatable bonds is 5. The van der Waals surface area contributed by atoms with Gasteiger partial charge in [-0.1, -0.05) is 15.9 Å². The molecule has 0 radical (unpaired) electrons. The molecular weight excluding hydrogens is 240 g/mol. The van der Waals surface area contributed by atoms with Gasteiger partial charge >= 0.3 is 0 Å². The van der Waals surface area contributed by atoms with Crippen LogP contribution in [0.15, 0.2) is 28.7 Å². The third kappa shape index (κ3) is 3.31. The largest absolute Gasteiger partial charge is 0.384 e. The number of hydrogen-bond acceptors (Lipinski definition) is 2. The lowest BCUT2D eigenvalue weighted by atomic mass is 10.3. The van der Waals surface area contributed by atoms with Gasteiger partial charge in [-0.05, 0) is 37.1 Å². The molecule has 1 aliphatic carbocycles. The fourth-order valence-corrected chi connectivity index (χ4v) is 1.60. The first kappa shape index (κ1) is 9.99. The highest BCUT2D eigenvalue weighted by Gasteiger charge is 2.19. The third-order valence-corrected chi connectivity index (χ3v) is 2.84. The number of benzene rings is 1. The van der Waals surface area contributed by atoms with Crippen LogP contribution in [0, 0.1) is 0 Å². The molecule has 14 heavy (non-hydrogen) atoms. The normalized spacial score (nSPS) is 15.5. The molecule has 76 valence electrons. The molecule has 0 amide bonds. The topological polar surface area (TPSA) is 24.1 Å². The molecule has 2 N–H and O–H groups in total. The van der Waals surface area contributed by atoms with Gasteiger partial charge in [0, 0.05) is 29.3 Å². The lowest BCUT2D eigenvalue weighted by molar-refractivity contribution is 0.701. The van der Waals surface area contributed by atoms with E-state index >= 15 is 0 Å². The molecule has 0 spiro atoms. The summed E-state index contributed by atoms with van der Waals surface area (Å²) in [4.78, 5) is 0. The quantitative estimate of drug-likeness (QED) is 0.790. The zero-order valence-corrected chi connectivity index (χ0v) is 9.68. The predicted octanol–water partition coefficient (Wildman–Crippen LogP) is 2.61. The average molecular weight is 255 g/mol. The molecule has 1 saturated carbocycles. The highest BCUT2D eigenvalue weighted by Crippen LogP contribution is 2.18. The summed E-state index contributed by atoms with van der Waals surface area (Å²) < 4.78 is 1.12. The Bertz CT molecular complexity index is 280. The second kappa shape index (κ2) is 4.80. The van der Waals surface area contributed by atoms with Gasteiger partial charge < -0.3 is 10.6 Å². The Balaban J connectivity index is 1.66. The molecule has 2 nitrogen and oxygen atoms in total. The lowest BCUT2D eigenvalue weighted by Crippen LogP contribution is -2.23. The van der Waals surface area contributed by atoms with Crippen LogP contribution >= 0.6 is 15.9 Å². The van der Waals surface area contributed by atoms with Gasteiger partial charge in [0.15, 0.2) is 0 Å². The maximum absolute atomic E-state index is 3.47. The zero-order valence-electron chi connectivity index (χ0n) is 8.09. The molecule has 0 aromatic heterocycles. The second-order valence-corrected chi connectivity index (χ2v) is 4.58. The second-order valence-electron chi connectivity index (χ2n) is 3.66. The molecule has 0 heterocycles. The summed E-state index contributed by atoms with van der Waals surface area (Å²) in [6.45, 7) is 2.05. The third-order valence-electron chi connectivity index (χ3n) is 2.31. The van der Waals surface area contributed by atoms with Crippen LogP contribution < -0.4 is 10.6 Å². The zero-order chi connectivity index (χ0) is 9.80. The minimum Gasteiger partial charge on any atom is -0.384 e. The molecule has 2 rings (SSSR count). The van der Waals surface area contributed by atoms with Crippen LogP contribution in [0.2, 0.25) is 0 Å². The molecule has 0 bridgehead atoms.